The van der Waals surface area contributed by atoms with Crippen LogP contribution in [0.5, 0.6) is 0 Å². The van der Waals surface area contributed by atoms with Crippen molar-refractivity contribution in [1.29, 1.82) is 0 Å². The van der Waals surface area contributed by atoms with Gasteiger partial charge in [0.15, 0.2) is 0 Å². The zero-order chi connectivity index (χ0) is 67.3. The summed E-state index contributed by atoms with van der Waals surface area (Å²) in [5.41, 5.74) is -4.37. The Morgan fingerprint density at radius 1 is 0.270 bits per heavy atom. The molecule has 0 N–H and O–H groups in total. The lowest BCUT2D eigenvalue weighted by Crippen LogP contribution is -2.51. The molecule has 0 radical (unpaired) electrons. The van der Waals surface area contributed by atoms with Crippen LogP contribution in [-0.2, 0) is 76.3 Å². The third kappa shape index (κ3) is 35.4. The van der Waals surface area contributed by atoms with Gasteiger partial charge in [0.05, 0.1) is 65.4 Å². The lowest BCUT2D eigenvalue weighted by Gasteiger charge is -2.35. The quantitative estimate of drug-likeness (QED) is 0.149. The molecule has 512 valence electrons. The van der Waals surface area contributed by atoms with Gasteiger partial charge in [0, 0.05) is 131 Å². The summed E-state index contributed by atoms with van der Waals surface area (Å²) < 4.78 is 39.6. The molecule has 3 aliphatic heterocycles. The minimum atomic E-state index is -0.900. The van der Waals surface area contributed by atoms with E-state index < -0.39 is 81.3 Å². The maximum Gasteiger partial charge on any atom is 0.320 e. The van der Waals surface area contributed by atoms with E-state index >= 15 is 0 Å². The van der Waals surface area contributed by atoms with Gasteiger partial charge in [-0.3, -0.25) is 82.4 Å². The Labute approximate surface area is 531 Å². The Bertz CT molecular complexity index is 2080. The van der Waals surface area contributed by atoms with Gasteiger partial charge < -0.3 is 43.0 Å². The molecule has 0 atom stereocenters. The van der Waals surface area contributed by atoms with E-state index in [0.29, 0.717) is 105 Å². The minimum Gasteiger partial charge on any atom is -0.469 e. The monoisotopic (exact) mass is 1270 g/mol. The molecule has 0 unspecified atom stereocenters. The predicted molar refractivity (Wildman–Crippen MR) is 335 cm³/mol. The van der Waals surface area contributed by atoms with E-state index in [1.54, 1.807) is 134 Å². The van der Waals surface area contributed by atoms with Gasteiger partial charge in [-0.2, -0.15) is 0 Å². The average Bonchev–Trinajstić information content (AvgIpc) is 2.16. The minimum absolute atomic E-state index is 0.0195. The highest BCUT2D eigenvalue weighted by molar-refractivity contribution is 5.82. The first-order chi connectivity index (χ1) is 40.9. The van der Waals surface area contributed by atoms with Crippen molar-refractivity contribution in [1.82, 2.24) is 49.0 Å². The van der Waals surface area contributed by atoms with Crippen LogP contribution in [0, 0.1) is 5.92 Å². The lowest BCUT2D eigenvalue weighted by atomic mass is 10.1. The van der Waals surface area contributed by atoms with Crippen LogP contribution in [0.25, 0.3) is 0 Å². The summed E-state index contributed by atoms with van der Waals surface area (Å²) in [7, 11) is 1.27. The van der Waals surface area contributed by atoms with Crippen molar-refractivity contribution in [2.45, 2.75) is 158 Å². The Balaban J connectivity index is 1.96. The number of amides is 2. The molecule has 0 saturated carbocycles. The van der Waals surface area contributed by atoms with E-state index in [1.165, 1.54) is 7.11 Å². The molecule has 0 spiro atoms. The lowest BCUT2D eigenvalue weighted by molar-refractivity contribution is -0.158. The smallest absolute Gasteiger partial charge is 0.320 e. The highest BCUT2D eigenvalue weighted by Crippen LogP contribution is 2.18. The molecule has 89 heavy (non-hydrogen) atoms. The van der Waals surface area contributed by atoms with E-state index in [4.69, 9.17) is 33.2 Å². The largest absolute Gasteiger partial charge is 0.469 e. The van der Waals surface area contributed by atoms with Crippen molar-refractivity contribution >= 4 is 53.6 Å². The number of methoxy groups -OCH3 is 1. The molecule has 2 amide bonds. The molecule has 26 heteroatoms. The van der Waals surface area contributed by atoms with Crippen LogP contribution >= 0.6 is 0 Å². The van der Waals surface area contributed by atoms with Crippen molar-refractivity contribution in [3.8, 4) is 0 Å². The zero-order valence-corrected chi connectivity index (χ0v) is 57.9. The standard InChI is InChI=1S/C63H114N10O16/c1-58(2,3)84-51(76)42-66-24-20-64(21-25-67(43-52(77)85-59(4,5)6)29-33-70(32-28-66)46-55(80)88-62(13,14)15)40-49(74)72-36-37-73(39-48(38-72)57(82)83-19)50(75)41-65-22-26-68(44-53(78)86-60(7,8)9)30-34-71(47-56(81)89-63(16,17)18)35-31-69(27-23-65)45-54(79)87-61(10,11)12/h48H,20-47H2,1-19H3. The van der Waals surface area contributed by atoms with Gasteiger partial charge >= 0.3 is 41.8 Å². The number of nitrogens with zero attached hydrogens (tertiary/aromatic N) is 10. The maximum atomic E-state index is 14.8. The van der Waals surface area contributed by atoms with Gasteiger partial charge in [-0.15, -0.1) is 0 Å². The first-order valence-electron chi connectivity index (χ1n) is 31.6. The second-order valence-corrected chi connectivity index (χ2v) is 29.6. The van der Waals surface area contributed by atoms with Gasteiger partial charge in [-0.05, 0) is 125 Å². The first kappa shape index (κ1) is 78.2. The summed E-state index contributed by atoms with van der Waals surface area (Å²) in [6.45, 7) is 37.5. The molecule has 3 fully saturated rings. The number of esters is 7. The number of hydrogen-bond donors (Lipinski definition) is 0. The summed E-state index contributed by atoms with van der Waals surface area (Å²) in [5, 5.41) is 0. The average molecular weight is 1270 g/mol. The Kier molecular flexibility index (Phi) is 30.8. The van der Waals surface area contributed by atoms with Crippen LogP contribution in [-0.4, -0.2) is 327 Å². The SMILES string of the molecule is COC(=O)C1CN(C(=O)CN2CCN(CC(=O)OC(C)(C)C)CCN(CC(=O)OC(C)(C)C)CCN(CC(=O)OC(C)(C)C)CC2)CCN(C(=O)CN2CCN(CC(=O)OC(C)(C)C)CCN(CC(=O)OC(C)(C)C)CCN(CC(=O)OC(C)(C)C)CC2)C1. The second kappa shape index (κ2) is 35.1. The van der Waals surface area contributed by atoms with Crippen LogP contribution in [0.15, 0.2) is 0 Å². The van der Waals surface area contributed by atoms with Gasteiger partial charge in [0.2, 0.25) is 11.8 Å². The topological polar surface area (TPSA) is 251 Å². The summed E-state index contributed by atoms with van der Waals surface area (Å²) >= 11 is 0. The summed E-state index contributed by atoms with van der Waals surface area (Å²) in [4.78, 5) is 142. The third-order valence-electron chi connectivity index (χ3n) is 14.0. The van der Waals surface area contributed by atoms with Gasteiger partial charge in [-0.1, -0.05) is 0 Å². The van der Waals surface area contributed by atoms with E-state index in [9.17, 15) is 43.2 Å². The number of carbonyl (C=O) groups is 9. The molecule has 3 heterocycles. The molecule has 0 aliphatic carbocycles. The number of ether oxygens (including phenoxy) is 7. The fourth-order valence-corrected chi connectivity index (χ4v) is 10.1. The molecule has 0 aromatic rings. The van der Waals surface area contributed by atoms with Crippen molar-refractivity contribution in [2.24, 2.45) is 5.92 Å². The van der Waals surface area contributed by atoms with Crippen molar-refractivity contribution in [3.05, 3.63) is 0 Å². The van der Waals surface area contributed by atoms with Gasteiger partial charge in [0.25, 0.3) is 0 Å². The van der Waals surface area contributed by atoms with E-state index in [0.717, 1.165) is 0 Å². The van der Waals surface area contributed by atoms with Crippen LogP contribution < -0.4 is 0 Å². The van der Waals surface area contributed by atoms with Crippen molar-refractivity contribution < 1.29 is 76.3 Å². The Hall–Kier alpha value is -5.09. The highest BCUT2D eigenvalue weighted by Gasteiger charge is 2.35. The molecule has 26 nitrogen and oxygen atoms in total. The van der Waals surface area contributed by atoms with Crippen LogP contribution in [0.2, 0.25) is 0 Å². The van der Waals surface area contributed by atoms with Crippen molar-refractivity contribution in [2.75, 3.05) is 190 Å². The molecule has 3 rings (SSSR count). The summed E-state index contributed by atoms with van der Waals surface area (Å²) in [6.07, 6.45) is 0. The fourth-order valence-electron chi connectivity index (χ4n) is 10.1. The van der Waals surface area contributed by atoms with E-state index in [1.807, 2.05) is 39.2 Å². The number of hydrogen-bond acceptors (Lipinski definition) is 24. The molecule has 0 bridgehead atoms. The zero-order valence-electron chi connectivity index (χ0n) is 57.9. The van der Waals surface area contributed by atoms with Crippen molar-refractivity contribution in [3.63, 3.8) is 0 Å². The summed E-state index contributed by atoms with van der Waals surface area (Å²) in [6, 6.07) is 0. The first-order valence-corrected chi connectivity index (χ1v) is 31.6. The van der Waals surface area contributed by atoms with E-state index in [2.05, 4.69) is 0 Å². The van der Waals surface area contributed by atoms with Crippen LogP contribution in [0.1, 0.15) is 125 Å². The van der Waals surface area contributed by atoms with Gasteiger partial charge in [-0.25, -0.2) is 0 Å². The molecule has 3 saturated heterocycles. The number of rotatable bonds is 17. The van der Waals surface area contributed by atoms with Crippen LogP contribution in [0.4, 0.5) is 0 Å². The molecule has 0 aromatic carbocycles. The second-order valence-electron chi connectivity index (χ2n) is 29.6. The highest BCUT2D eigenvalue weighted by atomic mass is 16.6. The predicted octanol–water partition coefficient (Wildman–Crippen LogP) is 1.94. The third-order valence-corrected chi connectivity index (χ3v) is 14.0. The molecular formula is C63H114N10O16. The molecular weight excluding hydrogens is 1150 g/mol. The Morgan fingerprint density at radius 3 is 0.573 bits per heavy atom. The molecule has 0 aromatic heterocycles. The summed E-state index contributed by atoms with van der Waals surface area (Å²) in [5.74, 6) is -4.63. The van der Waals surface area contributed by atoms with Crippen LogP contribution in [0.3, 0.4) is 0 Å². The van der Waals surface area contributed by atoms with Gasteiger partial charge in [0.1, 0.15) is 33.6 Å². The van der Waals surface area contributed by atoms with E-state index in [-0.39, 0.29) is 90.4 Å². The maximum absolute atomic E-state index is 14.8. The fraction of sp³-hybridized carbons (Fsp3) is 0.857. The Morgan fingerprint density at radius 2 is 0.427 bits per heavy atom. The number of carbonyl (C=O) groups excluding carboxylic acids is 9. The molecule has 3 aliphatic rings. The normalized spacial score (nSPS) is 19.3.